The molecule has 0 bridgehead atoms. The van der Waals surface area contributed by atoms with Gasteiger partial charge in [-0.2, -0.15) is 0 Å². The molecule has 4 nitrogen and oxygen atoms in total. The molecule has 2 atom stereocenters. The highest BCUT2D eigenvalue weighted by atomic mass is 16.5. The zero-order valence-electron chi connectivity index (χ0n) is 14.5. The molecule has 0 fully saturated rings. The van der Waals surface area contributed by atoms with E-state index in [1.165, 1.54) is 7.11 Å². The Morgan fingerprint density at radius 2 is 1.61 bits per heavy atom. The summed E-state index contributed by atoms with van der Waals surface area (Å²) in [7, 11) is 1.41. The lowest BCUT2D eigenvalue weighted by Crippen LogP contribution is -2.20. The summed E-state index contributed by atoms with van der Waals surface area (Å²) in [4.78, 5) is 10.9. The van der Waals surface area contributed by atoms with Crippen LogP contribution >= 0.6 is 0 Å². The molecule has 0 aliphatic heterocycles. The van der Waals surface area contributed by atoms with Crippen molar-refractivity contribution in [1.29, 1.82) is 0 Å². The summed E-state index contributed by atoms with van der Waals surface area (Å²) in [5.74, 6) is -0.139. The second-order valence-electron chi connectivity index (χ2n) is 5.51. The third-order valence-corrected chi connectivity index (χ3v) is 3.45. The van der Waals surface area contributed by atoms with Gasteiger partial charge < -0.3 is 14.9 Å². The Bertz CT molecular complexity index is 372. The number of methoxy groups -OCH3 is 1. The Kier molecular flexibility index (Phi) is 14.6. The smallest absolute Gasteiger partial charge is 0.305 e. The third-order valence-electron chi connectivity index (χ3n) is 3.45. The molecule has 132 valence electrons. The minimum atomic E-state index is -0.869. The molecule has 0 saturated heterocycles. The number of aliphatic hydroxyl groups is 2. The summed E-state index contributed by atoms with van der Waals surface area (Å²) < 4.78 is 4.59. The highest BCUT2D eigenvalue weighted by molar-refractivity contribution is 5.68. The molecule has 4 heteroatoms. The summed E-state index contributed by atoms with van der Waals surface area (Å²) in [5, 5.41) is 19.5. The average molecular weight is 324 g/mol. The fourth-order valence-electron chi connectivity index (χ4n) is 2.02. The first-order valence-corrected chi connectivity index (χ1v) is 8.54. The molecule has 0 aromatic rings. The van der Waals surface area contributed by atoms with Crippen LogP contribution in [0.2, 0.25) is 0 Å². The number of hydrogen-bond acceptors (Lipinski definition) is 4. The first-order valence-electron chi connectivity index (χ1n) is 8.54. The molecule has 0 aliphatic rings. The van der Waals surface area contributed by atoms with E-state index in [1.54, 1.807) is 18.2 Å². The molecule has 0 saturated carbocycles. The minimum absolute atomic E-state index is 0.139. The van der Waals surface area contributed by atoms with Gasteiger partial charge in [-0.1, -0.05) is 62.6 Å². The van der Waals surface area contributed by atoms with Crippen molar-refractivity contribution < 1.29 is 19.7 Å². The Morgan fingerprint density at radius 3 is 2.30 bits per heavy atom. The average Bonchev–Trinajstić information content (AvgIpc) is 2.56. The van der Waals surface area contributed by atoms with E-state index in [2.05, 4.69) is 4.74 Å². The molecule has 0 aromatic carbocycles. The van der Waals surface area contributed by atoms with Crippen LogP contribution in [-0.2, 0) is 9.53 Å². The van der Waals surface area contributed by atoms with Crippen molar-refractivity contribution >= 4 is 5.97 Å². The van der Waals surface area contributed by atoms with Gasteiger partial charge in [0.1, 0.15) is 12.2 Å². The Morgan fingerprint density at radius 1 is 0.957 bits per heavy atom. The van der Waals surface area contributed by atoms with Gasteiger partial charge >= 0.3 is 5.97 Å². The van der Waals surface area contributed by atoms with Gasteiger partial charge in [0.25, 0.3) is 0 Å². The van der Waals surface area contributed by atoms with E-state index < -0.39 is 12.2 Å². The normalized spacial score (nSPS) is 14.8. The van der Waals surface area contributed by atoms with Gasteiger partial charge in [-0.3, -0.25) is 4.79 Å². The maximum Gasteiger partial charge on any atom is 0.305 e. The number of allylic oxidation sites excluding steroid dienone is 4. The van der Waals surface area contributed by atoms with E-state index in [1.807, 2.05) is 25.2 Å². The Labute approximate surface area is 140 Å². The number of hydrogen-bond donors (Lipinski definition) is 2. The fourth-order valence-corrected chi connectivity index (χ4v) is 2.02. The monoisotopic (exact) mass is 324 g/mol. The predicted molar refractivity (Wildman–Crippen MR) is 94.1 cm³/mol. The van der Waals surface area contributed by atoms with Gasteiger partial charge in [-0.25, -0.2) is 0 Å². The number of rotatable bonds is 13. The number of carbonyl (C=O) groups is 1. The molecule has 0 amide bonds. The number of aliphatic hydroxyl groups excluding tert-OH is 2. The van der Waals surface area contributed by atoms with Crippen LogP contribution in [0.15, 0.2) is 36.5 Å². The standard InChI is InChI=1S/C19H32O4/c1-3-4-5-11-14-17(20)18(21)15-12-9-7-6-8-10-13-16-19(22)23-2/h4-5,11-12,14-15,17-18,20-21H,3,6-10,13,16H2,1-2H3/b5-4+,14-11+,15-12+/t17-,18-/m0/s1. The van der Waals surface area contributed by atoms with Crippen LogP contribution in [0.4, 0.5) is 0 Å². The van der Waals surface area contributed by atoms with Crippen molar-refractivity contribution in [2.24, 2.45) is 0 Å². The summed E-state index contributed by atoms with van der Waals surface area (Å²) in [5.41, 5.74) is 0. The van der Waals surface area contributed by atoms with Crippen LogP contribution in [0.5, 0.6) is 0 Å². The summed E-state index contributed by atoms with van der Waals surface area (Å²) in [6, 6.07) is 0. The molecule has 0 radical (unpaired) electrons. The maximum atomic E-state index is 10.9. The summed E-state index contributed by atoms with van der Waals surface area (Å²) in [6.07, 6.45) is 16.5. The van der Waals surface area contributed by atoms with Gasteiger partial charge in [-0.05, 0) is 25.7 Å². The van der Waals surface area contributed by atoms with Crippen molar-refractivity contribution in [3.8, 4) is 0 Å². The first kappa shape index (κ1) is 21.6. The highest BCUT2D eigenvalue weighted by Gasteiger charge is 2.07. The van der Waals surface area contributed by atoms with E-state index in [9.17, 15) is 15.0 Å². The van der Waals surface area contributed by atoms with Crippen LogP contribution in [0, 0.1) is 0 Å². The van der Waals surface area contributed by atoms with Crippen molar-refractivity contribution in [1.82, 2.24) is 0 Å². The lowest BCUT2D eigenvalue weighted by Gasteiger charge is -2.09. The van der Waals surface area contributed by atoms with Crippen molar-refractivity contribution in [2.45, 2.75) is 70.5 Å². The highest BCUT2D eigenvalue weighted by Crippen LogP contribution is 2.08. The number of unbranched alkanes of at least 4 members (excludes halogenated alkanes) is 5. The van der Waals surface area contributed by atoms with Crippen LogP contribution < -0.4 is 0 Å². The van der Waals surface area contributed by atoms with Gasteiger partial charge in [0.2, 0.25) is 0 Å². The van der Waals surface area contributed by atoms with Gasteiger partial charge in [0.05, 0.1) is 7.11 Å². The second-order valence-corrected chi connectivity index (χ2v) is 5.51. The number of esters is 1. The van der Waals surface area contributed by atoms with Crippen LogP contribution in [-0.4, -0.2) is 35.5 Å². The number of carbonyl (C=O) groups excluding carboxylic acids is 1. The van der Waals surface area contributed by atoms with Crippen LogP contribution in [0.25, 0.3) is 0 Å². The molecule has 0 aliphatic carbocycles. The van der Waals surface area contributed by atoms with E-state index in [-0.39, 0.29) is 5.97 Å². The molecule has 2 N–H and O–H groups in total. The molecular formula is C19H32O4. The predicted octanol–water partition coefficient (Wildman–Crippen LogP) is 3.69. The largest absolute Gasteiger partial charge is 0.469 e. The molecule has 0 heterocycles. The zero-order valence-corrected chi connectivity index (χ0v) is 14.5. The maximum absolute atomic E-state index is 10.9. The minimum Gasteiger partial charge on any atom is -0.469 e. The summed E-state index contributed by atoms with van der Waals surface area (Å²) in [6.45, 7) is 2.04. The molecule has 0 aromatic heterocycles. The molecule has 0 unspecified atom stereocenters. The van der Waals surface area contributed by atoms with E-state index in [0.29, 0.717) is 6.42 Å². The first-order chi connectivity index (χ1) is 11.1. The lowest BCUT2D eigenvalue weighted by molar-refractivity contribution is -0.140. The Balaban J connectivity index is 3.63. The summed E-state index contributed by atoms with van der Waals surface area (Å²) >= 11 is 0. The van der Waals surface area contributed by atoms with Crippen molar-refractivity contribution in [3.05, 3.63) is 36.5 Å². The fraction of sp³-hybridized carbons (Fsp3) is 0.632. The van der Waals surface area contributed by atoms with Crippen LogP contribution in [0.3, 0.4) is 0 Å². The molecule has 23 heavy (non-hydrogen) atoms. The van der Waals surface area contributed by atoms with E-state index in [4.69, 9.17) is 0 Å². The molecule has 0 spiro atoms. The topological polar surface area (TPSA) is 66.8 Å². The number of ether oxygens (including phenoxy) is 1. The van der Waals surface area contributed by atoms with Gasteiger partial charge in [0.15, 0.2) is 0 Å². The van der Waals surface area contributed by atoms with Crippen molar-refractivity contribution in [3.63, 3.8) is 0 Å². The van der Waals surface area contributed by atoms with Crippen LogP contribution in [0.1, 0.15) is 58.3 Å². The zero-order chi connectivity index (χ0) is 17.3. The quantitative estimate of drug-likeness (QED) is 0.235. The molecule has 0 rings (SSSR count). The molecular weight excluding hydrogens is 292 g/mol. The van der Waals surface area contributed by atoms with E-state index >= 15 is 0 Å². The van der Waals surface area contributed by atoms with E-state index in [0.717, 1.165) is 44.9 Å². The lowest BCUT2D eigenvalue weighted by atomic mass is 10.1. The SMILES string of the molecule is CC/C=C/C=C/[C@H](O)[C@@H](O)/C=C/CCCCCCCC(=O)OC. The van der Waals surface area contributed by atoms with Gasteiger partial charge in [0, 0.05) is 6.42 Å². The second kappa shape index (κ2) is 15.5. The third kappa shape index (κ3) is 14.0. The van der Waals surface area contributed by atoms with Gasteiger partial charge in [-0.15, -0.1) is 0 Å². The van der Waals surface area contributed by atoms with Crippen molar-refractivity contribution in [2.75, 3.05) is 7.11 Å². The Hall–Kier alpha value is -1.39.